The fraction of sp³-hybridized carbons (Fsp3) is 0.500. The molecule has 3 rings (SSSR count). The number of halogens is 1. The van der Waals surface area contributed by atoms with E-state index in [-0.39, 0.29) is 23.5 Å². The largest absolute Gasteiger partial charge is 0.545 e. The number of benzene rings is 1. The molecule has 1 aromatic rings. The SMILES string of the molecule is CC1(Oc2cc(C(=O)[O-])ccc2F)CC2CCC1O2. The van der Waals surface area contributed by atoms with Crippen molar-refractivity contribution in [1.29, 1.82) is 0 Å². The molecule has 1 aromatic carbocycles. The highest BCUT2D eigenvalue weighted by molar-refractivity contribution is 5.86. The van der Waals surface area contributed by atoms with Crippen molar-refractivity contribution in [3.63, 3.8) is 0 Å². The van der Waals surface area contributed by atoms with Crippen LogP contribution in [0.3, 0.4) is 0 Å². The summed E-state index contributed by atoms with van der Waals surface area (Å²) in [4.78, 5) is 10.8. The third kappa shape index (κ3) is 2.08. The Hall–Kier alpha value is -1.62. The zero-order chi connectivity index (χ0) is 13.6. The highest BCUT2D eigenvalue weighted by Gasteiger charge is 2.51. The van der Waals surface area contributed by atoms with Gasteiger partial charge >= 0.3 is 0 Å². The summed E-state index contributed by atoms with van der Waals surface area (Å²) in [6.07, 6.45) is 2.71. The zero-order valence-electron chi connectivity index (χ0n) is 10.5. The second kappa shape index (κ2) is 4.20. The smallest absolute Gasteiger partial charge is 0.165 e. The molecule has 2 aliphatic heterocycles. The van der Waals surface area contributed by atoms with E-state index < -0.39 is 17.4 Å². The number of carboxylic acids is 1. The van der Waals surface area contributed by atoms with Crippen molar-refractivity contribution < 1.29 is 23.8 Å². The second-order valence-electron chi connectivity index (χ2n) is 5.38. The highest BCUT2D eigenvalue weighted by atomic mass is 19.1. The number of carbonyl (C=O) groups excluding carboxylic acids is 1. The average molecular weight is 265 g/mol. The number of carbonyl (C=O) groups is 1. The Kier molecular flexibility index (Phi) is 2.74. The van der Waals surface area contributed by atoms with E-state index >= 15 is 0 Å². The van der Waals surface area contributed by atoms with Gasteiger partial charge in [0.1, 0.15) is 5.60 Å². The molecule has 2 aliphatic rings. The van der Waals surface area contributed by atoms with Crippen molar-refractivity contribution in [1.82, 2.24) is 0 Å². The summed E-state index contributed by atoms with van der Waals surface area (Å²) in [6.45, 7) is 1.88. The summed E-state index contributed by atoms with van der Waals surface area (Å²) >= 11 is 0. The van der Waals surface area contributed by atoms with Gasteiger partial charge in [0.2, 0.25) is 0 Å². The van der Waals surface area contributed by atoms with Gasteiger partial charge in [-0.05, 0) is 38.0 Å². The monoisotopic (exact) mass is 265 g/mol. The predicted octanol–water partition coefficient (Wildman–Crippen LogP) is 1.28. The van der Waals surface area contributed by atoms with Crippen LogP contribution in [0.1, 0.15) is 36.5 Å². The van der Waals surface area contributed by atoms with E-state index in [1.807, 2.05) is 6.92 Å². The third-order valence-corrected chi connectivity index (χ3v) is 3.93. The quantitative estimate of drug-likeness (QED) is 0.826. The third-order valence-electron chi connectivity index (χ3n) is 3.93. The van der Waals surface area contributed by atoms with E-state index in [9.17, 15) is 14.3 Å². The van der Waals surface area contributed by atoms with Crippen LogP contribution in [-0.4, -0.2) is 23.8 Å². The van der Waals surface area contributed by atoms with Crippen molar-refractivity contribution in [2.75, 3.05) is 0 Å². The minimum absolute atomic E-state index is 0.0523. The first kappa shape index (κ1) is 12.4. The molecule has 0 saturated carbocycles. The maximum Gasteiger partial charge on any atom is 0.165 e. The van der Waals surface area contributed by atoms with Crippen LogP contribution in [0.2, 0.25) is 0 Å². The van der Waals surface area contributed by atoms with Gasteiger partial charge in [-0.2, -0.15) is 0 Å². The molecule has 0 N–H and O–H groups in total. The van der Waals surface area contributed by atoms with Crippen LogP contribution in [0.4, 0.5) is 4.39 Å². The van der Waals surface area contributed by atoms with Crippen LogP contribution >= 0.6 is 0 Å². The molecule has 0 spiro atoms. The lowest BCUT2D eigenvalue weighted by molar-refractivity contribution is -0.255. The predicted molar refractivity (Wildman–Crippen MR) is 62.3 cm³/mol. The fourth-order valence-corrected chi connectivity index (χ4v) is 2.96. The standard InChI is InChI=1S/C14H15FO4/c1-14(7-9-3-5-12(14)18-9)19-11-6-8(13(16)17)2-4-10(11)15/h2,4,6,9,12H,3,5,7H2,1H3,(H,16,17)/p-1. The summed E-state index contributed by atoms with van der Waals surface area (Å²) in [5.41, 5.74) is -0.682. The van der Waals surface area contributed by atoms with E-state index in [4.69, 9.17) is 9.47 Å². The summed E-state index contributed by atoms with van der Waals surface area (Å²) in [7, 11) is 0. The first-order chi connectivity index (χ1) is 8.98. The second-order valence-corrected chi connectivity index (χ2v) is 5.38. The molecular formula is C14H14FO4-. The Morgan fingerprint density at radius 3 is 2.89 bits per heavy atom. The van der Waals surface area contributed by atoms with Gasteiger partial charge in [0.05, 0.1) is 18.2 Å². The van der Waals surface area contributed by atoms with Gasteiger partial charge in [-0.25, -0.2) is 4.39 Å². The van der Waals surface area contributed by atoms with Crippen molar-refractivity contribution in [3.8, 4) is 5.75 Å². The molecule has 4 nitrogen and oxygen atoms in total. The molecule has 2 saturated heterocycles. The summed E-state index contributed by atoms with van der Waals surface area (Å²) in [5.74, 6) is -1.98. The van der Waals surface area contributed by atoms with E-state index in [0.717, 1.165) is 25.0 Å². The molecule has 5 heteroatoms. The number of hydrogen-bond acceptors (Lipinski definition) is 4. The Morgan fingerprint density at radius 2 is 2.32 bits per heavy atom. The molecule has 102 valence electrons. The van der Waals surface area contributed by atoms with E-state index in [2.05, 4.69) is 0 Å². The number of rotatable bonds is 3. The normalized spacial score (nSPS) is 32.5. The lowest BCUT2D eigenvalue weighted by Gasteiger charge is -2.32. The number of carboxylic acid groups (broad SMARTS) is 1. The molecule has 2 fully saturated rings. The van der Waals surface area contributed by atoms with Gasteiger partial charge in [0, 0.05) is 12.0 Å². The number of hydrogen-bond donors (Lipinski definition) is 0. The van der Waals surface area contributed by atoms with Crippen LogP contribution in [0.15, 0.2) is 18.2 Å². The lowest BCUT2D eigenvalue weighted by atomic mass is 9.86. The minimum atomic E-state index is -1.35. The van der Waals surface area contributed by atoms with Gasteiger partial charge in [-0.15, -0.1) is 0 Å². The molecule has 3 unspecified atom stereocenters. The zero-order valence-corrected chi connectivity index (χ0v) is 10.5. The van der Waals surface area contributed by atoms with Crippen LogP contribution in [0, 0.1) is 5.82 Å². The first-order valence-electron chi connectivity index (χ1n) is 6.33. The lowest BCUT2D eigenvalue weighted by Crippen LogP contribution is -2.42. The molecule has 0 radical (unpaired) electrons. The van der Waals surface area contributed by atoms with Gasteiger partial charge in [-0.1, -0.05) is 0 Å². The molecular weight excluding hydrogens is 251 g/mol. The highest BCUT2D eigenvalue weighted by Crippen LogP contribution is 2.44. The van der Waals surface area contributed by atoms with E-state index in [1.165, 1.54) is 6.07 Å². The summed E-state index contributed by atoms with van der Waals surface area (Å²) < 4.78 is 25.1. The molecule has 3 atom stereocenters. The molecule has 2 heterocycles. The van der Waals surface area contributed by atoms with Crippen molar-refractivity contribution in [2.24, 2.45) is 0 Å². The minimum Gasteiger partial charge on any atom is -0.545 e. The first-order valence-corrected chi connectivity index (χ1v) is 6.33. The van der Waals surface area contributed by atoms with Gasteiger partial charge in [0.15, 0.2) is 11.6 Å². The number of ether oxygens (including phenoxy) is 2. The van der Waals surface area contributed by atoms with Crippen molar-refractivity contribution >= 4 is 5.97 Å². The maximum absolute atomic E-state index is 13.7. The van der Waals surface area contributed by atoms with E-state index in [0.29, 0.717) is 6.42 Å². The molecule has 0 aliphatic carbocycles. The number of aromatic carboxylic acids is 1. The Balaban J connectivity index is 1.87. The Morgan fingerprint density at radius 1 is 1.53 bits per heavy atom. The van der Waals surface area contributed by atoms with Crippen molar-refractivity contribution in [3.05, 3.63) is 29.6 Å². The van der Waals surface area contributed by atoms with Crippen LogP contribution in [-0.2, 0) is 4.74 Å². The summed E-state index contributed by atoms with van der Waals surface area (Å²) in [6, 6.07) is 3.41. The Labute approximate surface area is 110 Å². The molecule has 0 aromatic heterocycles. The average Bonchev–Trinajstić information content (AvgIpc) is 2.91. The maximum atomic E-state index is 13.7. The number of fused-ring (bicyclic) bond motifs is 2. The fourth-order valence-electron chi connectivity index (χ4n) is 2.96. The molecule has 2 bridgehead atoms. The molecule has 19 heavy (non-hydrogen) atoms. The summed E-state index contributed by atoms with van der Waals surface area (Å²) in [5, 5.41) is 10.8. The Bertz CT molecular complexity index is 530. The van der Waals surface area contributed by atoms with Crippen LogP contribution in [0.25, 0.3) is 0 Å². The van der Waals surface area contributed by atoms with Gasteiger partial charge in [0.25, 0.3) is 0 Å². The van der Waals surface area contributed by atoms with Gasteiger partial charge in [-0.3, -0.25) is 0 Å². The molecule has 0 amide bonds. The van der Waals surface area contributed by atoms with Crippen molar-refractivity contribution in [2.45, 2.75) is 44.0 Å². The van der Waals surface area contributed by atoms with Crippen LogP contribution in [0.5, 0.6) is 5.75 Å². The van der Waals surface area contributed by atoms with Gasteiger partial charge < -0.3 is 19.4 Å². The van der Waals surface area contributed by atoms with E-state index in [1.54, 1.807) is 0 Å². The van der Waals surface area contributed by atoms with Crippen LogP contribution < -0.4 is 9.84 Å². The topological polar surface area (TPSA) is 58.6 Å².